The van der Waals surface area contributed by atoms with Crippen molar-refractivity contribution in [2.75, 3.05) is 0 Å². The van der Waals surface area contributed by atoms with Crippen LogP contribution in [0.2, 0.25) is 0 Å². The Morgan fingerprint density at radius 3 is 1.83 bits per heavy atom. The highest BCUT2D eigenvalue weighted by Crippen LogP contribution is 2.58. The van der Waals surface area contributed by atoms with E-state index in [1.165, 1.54) is 0 Å². The van der Waals surface area contributed by atoms with Gasteiger partial charge >= 0.3 is 10.8 Å². The molecule has 2 atom stereocenters. The van der Waals surface area contributed by atoms with E-state index in [-0.39, 0.29) is 0 Å². The van der Waals surface area contributed by atoms with Gasteiger partial charge in [-0.15, -0.1) is 0 Å². The molecule has 0 spiro atoms. The van der Waals surface area contributed by atoms with Crippen molar-refractivity contribution in [3.63, 3.8) is 0 Å². The molecular formula is C8H2Cl2F8. The fraction of sp³-hybridized carbons (Fsp3) is 0.500. The zero-order valence-corrected chi connectivity index (χ0v) is 9.45. The third kappa shape index (κ3) is 2.20. The average Bonchev–Trinajstić information content (AvgIpc) is 2.11. The number of hydrogen-bond donors (Lipinski definition) is 0. The summed E-state index contributed by atoms with van der Waals surface area (Å²) in [4.78, 5) is 0. The Hall–Kier alpha value is -0.500. The largest absolute Gasteiger partial charge is 0.362 e. The van der Waals surface area contributed by atoms with Crippen LogP contribution in [0.1, 0.15) is 0 Å². The van der Waals surface area contributed by atoms with Crippen molar-refractivity contribution in [1.29, 1.82) is 0 Å². The van der Waals surface area contributed by atoms with E-state index in [9.17, 15) is 35.1 Å². The van der Waals surface area contributed by atoms with Gasteiger partial charge in [0.25, 0.3) is 5.67 Å². The second-order valence-corrected chi connectivity index (χ2v) is 4.35. The van der Waals surface area contributed by atoms with Crippen LogP contribution in [-0.2, 0) is 0 Å². The summed E-state index contributed by atoms with van der Waals surface area (Å²) in [6.07, 6.45) is -0.634. The molecule has 0 amide bonds. The fourth-order valence-corrected chi connectivity index (χ4v) is 1.85. The van der Waals surface area contributed by atoms with Crippen molar-refractivity contribution in [1.82, 2.24) is 0 Å². The predicted molar refractivity (Wildman–Crippen MR) is 47.4 cm³/mol. The molecule has 0 aromatic carbocycles. The maximum atomic E-state index is 13.7. The lowest BCUT2D eigenvalue weighted by Gasteiger charge is -2.37. The minimum absolute atomic E-state index is 0.634. The van der Waals surface area contributed by atoms with Crippen LogP contribution < -0.4 is 0 Å². The van der Waals surface area contributed by atoms with Gasteiger partial charge in [0.1, 0.15) is 11.7 Å². The molecule has 0 saturated heterocycles. The zero-order chi connectivity index (χ0) is 14.5. The highest BCUT2D eigenvalue weighted by atomic mass is 35.5. The number of rotatable bonds is 2. The smallest absolute Gasteiger partial charge is 0.227 e. The Kier molecular flexibility index (Phi) is 3.68. The molecule has 0 saturated carbocycles. The highest BCUT2D eigenvalue weighted by molar-refractivity contribution is 6.24. The van der Waals surface area contributed by atoms with Gasteiger partial charge in [-0.2, -0.15) is 17.6 Å². The summed E-state index contributed by atoms with van der Waals surface area (Å²) < 4.78 is 103. The molecular weight excluding hydrogens is 319 g/mol. The molecule has 10 heteroatoms. The van der Waals surface area contributed by atoms with Crippen molar-refractivity contribution in [2.24, 2.45) is 5.92 Å². The molecule has 0 aliphatic heterocycles. The van der Waals surface area contributed by atoms with E-state index in [2.05, 4.69) is 23.2 Å². The van der Waals surface area contributed by atoms with E-state index in [4.69, 9.17) is 0 Å². The summed E-state index contributed by atoms with van der Waals surface area (Å²) in [5.41, 5.74) is -5.00. The van der Waals surface area contributed by atoms with Gasteiger partial charge in [-0.05, 0) is 23.2 Å². The van der Waals surface area contributed by atoms with Crippen LogP contribution in [0.15, 0.2) is 23.6 Å². The van der Waals surface area contributed by atoms with Crippen LogP contribution in [0, 0.1) is 5.92 Å². The van der Waals surface area contributed by atoms with E-state index < -0.39 is 45.9 Å². The van der Waals surface area contributed by atoms with Crippen molar-refractivity contribution in [2.45, 2.75) is 16.4 Å². The Labute approximate surface area is 105 Å². The summed E-state index contributed by atoms with van der Waals surface area (Å²) in [5, 5.41) is -10.3. The molecule has 104 valence electrons. The molecule has 0 radical (unpaired) electrons. The standard InChI is InChI=1S/C8H2Cl2F8/c9-7(15,16)5-4(13)2(11)1-3(12)6(5,14)8(10,17)18/h1,5H. The van der Waals surface area contributed by atoms with Crippen LogP contribution in [0.3, 0.4) is 0 Å². The van der Waals surface area contributed by atoms with Gasteiger partial charge < -0.3 is 0 Å². The second kappa shape index (κ2) is 4.26. The summed E-state index contributed by atoms with van der Waals surface area (Å²) in [7, 11) is 0. The van der Waals surface area contributed by atoms with Gasteiger partial charge in [-0.3, -0.25) is 0 Å². The van der Waals surface area contributed by atoms with Gasteiger partial charge in [-0.25, -0.2) is 17.6 Å². The normalized spacial score (nSPS) is 30.6. The first-order valence-corrected chi connectivity index (χ1v) is 4.84. The molecule has 1 rings (SSSR count). The zero-order valence-electron chi connectivity index (χ0n) is 7.93. The first kappa shape index (κ1) is 15.6. The summed E-state index contributed by atoms with van der Waals surface area (Å²) in [6, 6.07) is 0. The Morgan fingerprint density at radius 1 is 1.06 bits per heavy atom. The van der Waals surface area contributed by atoms with Gasteiger partial charge in [0.05, 0.1) is 0 Å². The summed E-state index contributed by atoms with van der Waals surface area (Å²) in [6.45, 7) is 0. The van der Waals surface area contributed by atoms with Crippen molar-refractivity contribution in [3.05, 3.63) is 23.6 Å². The topological polar surface area (TPSA) is 0 Å². The lowest BCUT2D eigenvalue weighted by atomic mass is 9.83. The molecule has 1 aliphatic carbocycles. The number of halogens is 10. The Bertz CT molecular complexity index is 418. The monoisotopic (exact) mass is 320 g/mol. The Balaban J connectivity index is 3.55. The first-order chi connectivity index (χ1) is 7.83. The second-order valence-electron chi connectivity index (χ2n) is 3.37. The van der Waals surface area contributed by atoms with Crippen LogP contribution >= 0.6 is 23.2 Å². The van der Waals surface area contributed by atoms with Gasteiger partial charge in [0.15, 0.2) is 11.7 Å². The maximum absolute atomic E-state index is 13.7. The molecule has 1 aliphatic rings. The molecule has 0 heterocycles. The van der Waals surface area contributed by atoms with E-state index in [1.807, 2.05) is 0 Å². The minimum atomic E-state index is -5.27. The fourth-order valence-electron chi connectivity index (χ4n) is 1.40. The van der Waals surface area contributed by atoms with Crippen molar-refractivity contribution < 1.29 is 35.1 Å². The first-order valence-electron chi connectivity index (χ1n) is 4.08. The molecule has 0 aromatic rings. The molecule has 0 bridgehead atoms. The predicted octanol–water partition coefficient (Wildman–Crippen LogP) is 4.99. The maximum Gasteiger partial charge on any atom is 0.362 e. The summed E-state index contributed by atoms with van der Waals surface area (Å²) in [5.74, 6) is -11.5. The van der Waals surface area contributed by atoms with Crippen molar-refractivity contribution in [3.8, 4) is 0 Å². The van der Waals surface area contributed by atoms with E-state index in [0.29, 0.717) is 0 Å². The third-order valence-electron chi connectivity index (χ3n) is 2.22. The van der Waals surface area contributed by atoms with Gasteiger partial charge in [-0.1, -0.05) is 0 Å². The van der Waals surface area contributed by atoms with Crippen LogP contribution in [0.4, 0.5) is 35.1 Å². The van der Waals surface area contributed by atoms with Crippen LogP contribution in [-0.4, -0.2) is 16.4 Å². The molecule has 18 heavy (non-hydrogen) atoms. The van der Waals surface area contributed by atoms with Gasteiger partial charge in [0, 0.05) is 6.08 Å². The van der Waals surface area contributed by atoms with E-state index in [0.717, 1.165) is 0 Å². The Morgan fingerprint density at radius 2 is 1.50 bits per heavy atom. The summed E-state index contributed by atoms with van der Waals surface area (Å²) >= 11 is 8.40. The SMILES string of the molecule is FC1=CC(F)=C(F)C(C(F)(F)Cl)C1(F)C(F)(F)Cl. The van der Waals surface area contributed by atoms with E-state index >= 15 is 0 Å². The number of alkyl halides is 7. The molecule has 0 nitrogen and oxygen atoms in total. The molecule has 0 fully saturated rings. The number of allylic oxidation sites excluding steroid dienone is 4. The lowest BCUT2D eigenvalue weighted by molar-refractivity contribution is -0.138. The lowest BCUT2D eigenvalue weighted by Crippen LogP contribution is -2.54. The average molecular weight is 321 g/mol. The van der Waals surface area contributed by atoms with Crippen LogP contribution in [0.5, 0.6) is 0 Å². The number of hydrogen-bond acceptors (Lipinski definition) is 0. The third-order valence-corrected chi connectivity index (χ3v) is 2.71. The van der Waals surface area contributed by atoms with Gasteiger partial charge in [0.2, 0.25) is 0 Å². The molecule has 2 unspecified atom stereocenters. The quantitative estimate of drug-likeness (QED) is 0.496. The van der Waals surface area contributed by atoms with Crippen LogP contribution in [0.25, 0.3) is 0 Å². The van der Waals surface area contributed by atoms with E-state index in [1.54, 1.807) is 0 Å². The molecule has 0 aromatic heterocycles. The van der Waals surface area contributed by atoms with Crippen molar-refractivity contribution >= 4 is 23.2 Å². The highest BCUT2D eigenvalue weighted by Gasteiger charge is 2.71. The molecule has 0 N–H and O–H groups in total. The minimum Gasteiger partial charge on any atom is -0.227 e.